The summed E-state index contributed by atoms with van der Waals surface area (Å²) >= 11 is 6.27. The van der Waals surface area contributed by atoms with Gasteiger partial charge in [0.15, 0.2) is 0 Å². The SMILES string of the molecule is CNCC1=Cc2ccccc2C1c1c(-c2ccc(Cl)cc2)oc2cc(CS(=O)(=O)Nc3ccc(B(O)O)c(C#N)c3)c(C3CC3)cc12. The highest BCUT2D eigenvalue weighted by Gasteiger charge is 2.35. The van der Waals surface area contributed by atoms with E-state index in [1.54, 1.807) is 0 Å². The number of hydrogen-bond acceptors (Lipinski definition) is 7. The maximum Gasteiger partial charge on any atom is 0.489 e. The van der Waals surface area contributed by atoms with Crippen molar-refractivity contribution in [2.24, 2.45) is 0 Å². The van der Waals surface area contributed by atoms with E-state index < -0.39 is 17.1 Å². The van der Waals surface area contributed by atoms with Gasteiger partial charge in [-0.2, -0.15) is 5.26 Å². The number of sulfonamides is 1. The number of rotatable bonds is 10. The number of hydrogen-bond donors (Lipinski definition) is 4. The van der Waals surface area contributed by atoms with Crippen molar-refractivity contribution in [3.05, 3.63) is 123 Å². The summed E-state index contributed by atoms with van der Waals surface area (Å²) in [5.74, 6) is 0.592. The highest BCUT2D eigenvalue weighted by atomic mass is 35.5. The predicted molar refractivity (Wildman–Crippen MR) is 186 cm³/mol. The molecule has 1 unspecified atom stereocenters. The lowest BCUT2D eigenvalue weighted by molar-refractivity contribution is 0.425. The van der Waals surface area contributed by atoms with Gasteiger partial charge in [0.2, 0.25) is 10.0 Å². The fourth-order valence-electron chi connectivity index (χ4n) is 6.67. The fraction of sp³-hybridized carbons (Fsp3) is 0.194. The molecule has 1 fully saturated rings. The summed E-state index contributed by atoms with van der Waals surface area (Å²) in [5, 5.41) is 33.4. The van der Waals surface area contributed by atoms with Crippen molar-refractivity contribution in [1.29, 1.82) is 5.26 Å². The zero-order chi connectivity index (χ0) is 32.9. The lowest BCUT2D eigenvalue weighted by Gasteiger charge is -2.19. The second kappa shape index (κ2) is 12.3. The largest absolute Gasteiger partial charge is 0.489 e. The standard InChI is InChI=1S/C36H31BClN3O5S/c1-40-19-25-14-23-4-2-3-5-29(23)34(25)35-31-17-30(21-6-7-21)26(16-33(31)46-36(35)22-8-10-27(38)11-9-22)20-47(44,45)41-28-12-13-32(37(42)43)24(15-28)18-39/h2-5,8-17,21,34,40-43H,6-7,19-20H2,1H3. The van der Waals surface area contributed by atoms with Crippen molar-refractivity contribution >= 4 is 56.9 Å². The van der Waals surface area contributed by atoms with Crippen molar-refractivity contribution in [2.75, 3.05) is 18.3 Å². The molecule has 1 saturated carbocycles. The number of likely N-dealkylation sites (N-methyl/N-ethyl adjacent to an activating group) is 1. The summed E-state index contributed by atoms with van der Waals surface area (Å²) in [7, 11) is -3.84. The van der Waals surface area contributed by atoms with Crippen molar-refractivity contribution in [3.63, 3.8) is 0 Å². The van der Waals surface area contributed by atoms with E-state index in [2.05, 4.69) is 40.4 Å². The normalized spacial score (nSPS) is 15.7. The molecule has 0 amide bonds. The zero-order valence-corrected chi connectivity index (χ0v) is 27.1. The number of halogens is 1. The molecule has 1 atom stereocenters. The van der Waals surface area contributed by atoms with E-state index in [0.29, 0.717) is 22.7 Å². The van der Waals surface area contributed by atoms with E-state index in [-0.39, 0.29) is 34.3 Å². The Morgan fingerprint density at radius 1 is 1.02 bits per heavy atom. The molecule has 2 aliphatic carbocycles. The quantitative estimate of drug-likeness (QED) is 0.137. The molecule has 0 radical (unpaired) electrons. The highest BCUT2D eigenvalue weighted by molar-refractivity contribution is 7.91. The number of furan rings is 1. The first kappa shape index (κ1) is 31.2. The van der Waals surface area contributed by atoms with Gasteiger partial charge in [0.1, 0.15) is 11.3 Å². The maximum atomic E-state index is 13.6. The molecular formula is C36H31BClN3O5S. The van der Waals surface area contributed by atoms with Crippen LogP contribution < -0.4 is 15.5 Å². The maximum absolute atomic E-state index is 13.6. The van der Waals surface area contributed by atoms with Crippen LogP contribution in [0.4, 0.5) is 5.69 Å². The molecule has 5 aromatic rings. The Morgan fingerprint density at radius 3 is 2.49 bits per heavy atom. The Labute approximate surface area is 278 Å². The summed E-state index contributed by atoms with van der Waals surface area (Å²) in [4.78, 5) is 0. The molecule has 11 heteroatoms. The number of nitrogens with zero attached hydrogens (tertiary/aromatic N) is 1. The second-order valence-corrected chi connectivity index (χ2v) is 14.3. The van der Waals surface area contributed by atoms with Gasteiger partial charge in [0.05, 0.1) is 17.4 Å². The third-order valence-corrected chi connectivity index (χ3v) is 10.4. The molecule has 0 saturated heterocycles. The number of nitriles is 1. The summed E-state index contributed by atoms with van der Waals surface area (Å²) in [5.41, 5.74) is 7.85. The van der Waals surface area contributed by atoms with Crippen LogP contribution in [0.5, 0.6) is 0 Å². The van der Waals surface area contributed by atoms with E-state index in [1.807, 2.05) is 49.5 Å². The van der Waals surface area contributed by atoms with Gasteiger partial charge in [-0.1, -0.05) is 48.0 Å². The summed E-state index contributed by atoms with van der Waals surface area (Å²) in [6, 6.07) is 25.8. The van der Waals surface area contributed by atoms with Gasteiger partial charge in [-0.3, -0.25) is 4.72 Å². The monoisotopic (exact) mass is 663 g/mol. The van der Waals surface area contributed by atoms with Crippen LogP contribution >= 0.6 is 11.6 Å². The first-order chi connectivity index (χ1) is 22.7. The van der Waals surface area contributed by atoms with Crippen LogP contribution in [0.1, 0.15) is 58.1 Å². The fourth-order valence-corrected chi connectivity index (χ4v) is 8.01. The first-order valence-electron chi connectivity index (χ1n) is 15.4. The molecule has 0 aliphatic heterocycles. The molecule has 0 bridgehead atoms. The van der Waals surface area contributed by atoms with Gasteiger partial charge in [-0.25, -0.2) is 8.42 Å². The van der Waals surface area contributed by atoms with E-state index in [4.69, 9.17) is 16.0 Å². The van der Waals surface area contributed by atoms with Crippen LogP contribution in [-0.2, 0) is 15.8 Å². The number of fused-ring (bicyclic) bond motifs is 2. The lowest BCUT2D eigenvalue weighted by Crippen LogP contribution is -2.32. The Kier molecular flexibility index (Phi) is 8.20. The Morgan fingerprint density at radius 2 is 1.79 bits per heavy atom. The molecule has 2 aliphatic rings. The van der Waals surface area contributed by atoms with E-state index in [9.17, 15) is 23.7 Å². The second-order valence-electron chi connectivity index (χ2n) is 12.1. The van der Waals surface area contributed by atoms with Crippen molar-refractivity contribution < 1.29 is 22.9 Å². The molecule has 4 N–H and O–H groups in total. The third-order valence-electron chi connectivity index (χ3n) is 8.87. The minimum atomic E-state index is -3.93. The minimum Gasteiger partial charge on any atom is -0.456 e. The first-order valence-corrected chi connectivity index (χ1v) is 17.4. The minimum absolute atomic E-state index is 0.000333. The molecule has 8 nitrogen and oxygen atoms in total. The molecule has 1 aromatic heterocycles. The Balaban J connectivity index is 1.35. The smallest absolute Gasteiger partial charge is 0.456 e. The zero-order valence-electron chi connectivity index (χ0n) is 25.5. The van der Waals surface area contributed by atoms with Gasteiger partial charge in [0.25, 0.3) is 0 Å². The van der Waals surface area contributed by atoms with Crippen LogP contribution in [0.15, 0.2) is 88.9 Å². The molecule has 7 rings (SSSR count). The van der Waals surface area contributed by atoms with Crippen LogP contribution in [0.3, 0.4) is 0 Å². The average molecular weight is 664 g/mol. The summed E-state index contributed by atoms with van der Waals surface area (Å²) < 4.78 is 36.4. The molecule has 1 heterocycles. The lowest BCUT2D eigenvalue weighted by atomic mass is 9.77. The van der Waals surface area contributed by atoms with Crippen molar-refractivity contribution in [3.8, 4) is 17.4 Å². The van der Waals surface area contributed by atoms with Crippen LogP contribution in [0, 0.1) is 11.3 Å². The van der Waals surface area contributed by atoms with Crippen LogP contribution in [-0.4, -0.2) is 39.2 Å². The molecular weight excluding hydrogens is 633 g/mol. The highest BCUT2D eigenvalue weighted by Crippen LogP contribution is 2.51. The third kappa shape index (κ3) is 6.09. The van der Waals surface area contributed by atoms with Crippen molar-refractivity contribution in [1.82, 2.24) is 5.32 Å². The van der Waals surface area contributed by atoms with Crippen molar-refractivity contribution in [2.45, 2.75) is 30.4 Å². The van der Waals surface area contributed by atoms with E-state index in [1.165, 1.54) is 29.3 Å². The van der Waals surface area contributed by atoms with E-state index >= 15 is 0 Å². The van der Waals surface area contributed by atoms with Gasteiger partial charge in [-0.15, -0.1) is 0 Å². The summed E-state index contributed by atoms with van der Waals surface area (Å²) in [6.07, 6.45) is 4.18. The van der Waals surface area contributed by atoms with Gasteiger partial charge >= 0.3 is 7.12 Å². The Bertz CT molecular complexity index is 2200. The number of nitrogens with one attached hydrogen (secondary N) is 2. The van der Waals surface area contributed by atoms with Gasteiger partial charge < -0.3 is 19.8 Å². The molecule has 47 heavy (non-hydrogen) atoms. The number of anilines is 1. The Hall–Kier alpha value is -4.37. The van der Waals surface area contributed by atoms with Crippen LogP contribution in [0.2, 0.25) is 5.02 Å². The van der Waals surface area contributed by atoms with Crippen LogP contribution in [0.25, 0.3) is 28.4 Å². The summed E-state index contributed by atoms with van der Waals surface area (Å²) in [6.45, 7) is 0.690. The van der Waals surface area contributed by atoms with Gasteiger partial charge in [-0.05, 0) is 108 Å². The molecule has 236 valence electrons. The molecule has 0 spiro atoms. The topological polar surface area (TPSA) is 136 Å². The van der Waals surface area contributed by atoms with E-state index in [0.717, 1.165) is 46.2 Å². The predicted octanol–water partition coefficient (Wildman–Crippen LogP) is 5.87. The average Bonchev–Trinajstić information content (AvgIpc) is 3.74. The molecule has 4 aromatic carbocycles. The van der Waals surface area contributed by atoms with Gasteiger partial charge in [0, 0.05) is 39.7 Å². The number of benzene rings is 4.